The van der Waals surface area contributed by atoms with Crippen molar-refractivity contribution in [2.45, 2.75) is 52.7 Å². The second kappa shape index (κ2) is 8.27. The van der Waals surface area contributed by atoms with Crippen molar-refractivity contribution in [2.75, 3.05) is 13.1 Å². The van der Waals surface area contributed by atoms with Crippen molar-refractivity contribution < 1.29 is 19.4 Å². The topological polar surface area (TPSA) is 84.7 Å². The van der Waals surface area contributed by atoms with Crippen LogP contribution in [-0.2, 0) is 11.3 Å². The van der Waals surface area contributed by atoms with Gasteiger partial charge in [-0.05, 0) is 63.6 Å². The maximum atomic E-state index is 12.2. The molecule has 7 nitrogen and oxygen atoms in total. The van der Waals surface area contributed by atoms with Gasteiger partial charge < -0.3 is 14.7 Å². The summed E-state index contributed by atoms with van der Waals surface area (Å²) in [6, 6.07) is 5.29. The van der Waals surface area contributed by atoms with Crippen LogP contribution in [0.4, 0.5) is 4.79 Å². The van der Waals surface area contributed by atoms with Crippen LogP contribution in [0.3, 0.4) is 0 Å². The number of aromatic nitrogens is 2. The van der Waals surface area contributed by atoms with E-state index in [0.717, 1.165) is 36.1 Å². The zero-order valence-corrected chi connectivity index (χ0v) is 17.5. The van der Waals surface area contributed by atoms with Gasteiger partial charge in [-0.25, -0.2) is 9.59 Å². The third-order valence-corrected chi connectivity index (χ3v) is 5.22. The molecule has 0 spiro atoms. The number of carboxylic acids is 1. The van der Waals surface area contributed by atoms with Crippen molar-refractivity contribution in [2.24, 2.45) is 5.92 Å². The van der Waals surface area contributed by atoms with E-state index in [1.54, 1.807) is 23.2 Å². The van der Waals surface area contributed by atoms with Gasteiger partial charge >= 0.3 is 12.1 Å². The van der Waals surface area contributed by atoms with Crippen LogP contribution in [-0.4, -0.2) is 50.5 Å². The van der Waals surface area contributed by atoms with E-state index in [1.807, 2.05) is 44.6 Å². The summed E-state index contributed by atoms with van der Waals surface area (Å²) < 4.78 is 7.36. The number of hydrogen-bond donors (Lipinski definition) is 1. The van der Waals surface area contributed by atoms with Gasteiger partial charge in [-0.3, -0.25) is 4.68 Å². The molecule has 1 aromatic carbocycles. The quantitative estimate of drug-likeness (QED) is 0.833. The average Bonchev–Trinajstić information content (AvgIpc) is 3.09. The van der Waals surface area contributed by atoms with Crippen LogP contribution in [0.15, 0.2) is 30.6 Å². The Hall–Kier alpha value is -2.83. The van der Waals surface area contributed by atoms with E-state index in [-0.39, 0.29) is 6.09 Å². The molecule has 0 aliphatic carbocycles. The molecule has 0 atom stereocenters. The van der Waals surface area contributed by atoms with Crippen LogP contribution in [0.5, 0.6) is 0 Å². The molecule has 1 aliphatic rings. The number of carbonyl (C=O) groups is 2. The van der Waals surface area contributed by atoms with Gasteiger partial charge in [0, 0.05) is 31.4 Å². The number of hydrogen-bond acceptors (Lipinski definition) is 4. The Morgan fingerprint density at radius 3 is 2.55 bits per heavy atom. The van der Waals surface area contributed by atoms with Gasteiger partial charge in [-0.1, -0.05) is 12.1 Å². The van der Waals surface area contributed by atoms with E-state index in [2.05, 4.69) is 5.10 Å². The molecule has 0 unspecified atom stereocenters. The Morgan fingerprint density at radius 1 is 1.24 bits per heavy atom. The van der Waals surface area contributed by atoms with E-state index in [4.69, 9.17) is 4.74 Å². The maximum Gasteiger partial charge on any atom is 0.410 e. The summed E-state index contributed by atoms with van der Waals surface area (Å²) in [6.07, 6.45) is 5.31. The van der Waals surface area contributed by atoms with Crippen LogP contribution >= 0.6 is 0 Å². The summed E-state index contributed by atoms with van der Waals surface area (Å²) in [5, 5.41) is 13.8. The highest BCUT2D eigenvalue weighted by Gasteiger charge is 2.27. The van der Waals surface area contributed by atoms with Crippen molar-refractivity contribution in [3.63, 3.8) is 0 Å². The first kappa shape index (κ1) is 20.9. The van der Waals surface area contributed by atoms with Gasteiger partial charge in [0.25, 0.3) is 0 Å². The lowest BCUT2D eigenvalue weighted by Gasteiger charge is -2.33. The molecule has 1 saturated heterocycles. The number of ether oxygens (including phenoxy) is 1. The molecule has 1 N–H and O–H groups in total. The third kappa shape index (κ3) is 5.16. The minimum atomic E-state index is -0.923. The first-order valence-electron chi connectivity index (χ1n) is 9.97. The lowest BCUT2D eigenvalue weighted by Crippen LogP contribution is -2.42. The Balaban J connectivity index is 1.60. The zero-order valence-electron chi connectivity index (χ0n) is 17.5. The Kier molecular flexibility index (Phi) is 5.96. The number of likely N-dealkylation sites (tertiary alicyclic amines) is 1. The molecule has 2 aromatic rings. The number of carbonyl (C=O) groups excluding carboxylic acids is 1. The second-order valence-corrected chi connectivity index (χ2v) is 8.65. The average molecular weight is 399 g/mol. The van der Waals surface area contributed by atoms with Crippen molar-refractivity contribution in [3.05, 3.63) is 41.7 Å². The van der Waals surface area contributed by atoms with E-state index < -0.39 is 11.6 Å². The largest absolute Gasteiger partial charge is 0.478 e. The number of rotatable bonds is 4. The predicted molar refractivity (Wildman–Crippen MR) is 110 cm³/mol. The Labute approximate surface area is 171 Å². The lowest BCUT2D eigenvalue weighted by molar-refractivity contribution is 0.0177. The number of piperidine rings is 1. The van der Waals surface area contributed by atoms with E-state index in [1.165, 1.54) is 0 Å². The molecule has 1 amide bonds. The number of aromatic carboxylic acids is 1. The first-order chi connectivity index (χ1) is 13.6. The van der Waals surface area contributed by atoms with Crippen molar-refractivity contribution >= 4 is 12.1 Å². The fourth-order valence-corrected chi connectivity index (χ4v) is 3.67. The van der Waals surface area contributed by atoms with Crippen LogP contribution < -0.4 is 0 Å². The molecule has 0 radical (unpaired) electrons. The summed E-state index contributed by atoms with van der Waals surface area (Å²) in [6.45, 7) is 9.60. The van der Waals surface area contributed by atoms with Crippen molar-refractivity contribution in [1.29, 1.82) is 0 Å². The molecule has 156 valence electrons. The maximum absolute atomic E-state index is 12.2. The lowest BCUT2D eigenvalue weighted by atomic mass is 9.97. The molecule has 3 rings (SSSR count). The number of nitrogens with zero attached hydrogens (tertiary/aromatic N) is 3. The molecule has 7 heteroatoms. The molecule has 0 bridgehead atoms. The molecular formula is C22H29N3O4. The highest BCUT2D eigenvalue weighted by atomic mass is 16.6. The number of amides is 1. The standard InChI is InChI=1S/C22H29N3O4/c1-15-18(6-5-7-19(15)20(26)27)17-12-23-25(14-17)13-16-8-10-24(11-9-16)21(28)29-22(2,3)4/h5-7,12,14,16H,8-11,13H2,1-4H3,(H,26,27). The summed E-state index contributed by atoms with van der Waals surface area (Å²) >= 11 is 0. The highest BCUT2D eigenvalue weighted by Crippen LogP contribution is 2.27. The van der Waals surface area contributed by atoms with E-state index >= 15 is 0 Å². The summed E-state index contributed by atoms with van der Waals surface area (Å²) in [4.78, 5) is 25.3. The van der Waals surface area contributed by atoms with Gasteiger partial charge in [-0.2, -0.15) is 5.10 Å². The molecule has 1 fully saturated rings. The van der Waals surface area contributed by atoms with Gasteiger partial charge in [0.1, 0.15) is 5.60 Å². The number of benzene rings is 1. The number of carboxylic acid groups (broad SMARTS) is 1. The normalized spacial score (nSPS) is 15.4. The first-order valence-corrected chi connectivity index (χ1v) is 9.97. The molecular weight excluding hydrogens is 370 g/mol. The zero-order chi connectivity index (χ0) is 21.2. The molecule has 29 heavy (non-hydrogen) atoms. The van der Waals surface area contributed by atoms with Gasteiger partial charge in [-0.15, -0.1) is 0 Å². The van der Waals surface area contributed by atoms with Crippen molar-refractivity contribution in [1.82, 2.24) is 14.7 Å². The Bertz CT molecular complexity index is 890. The monoisotopic (exact) mass is 399 g/mol. The minimum absolute atomic E-state index is 0.244. The van der Waals surface area contributed by atoms with E-state index in [9.17, 15) is 14.7 Å². The smallest absolute Gasteiger partial charge is 0.410 e. The van der Waals surface area contributed by atoms with Crippen LogP contribution in [0.25, 0.3) is 11.1 Å². The predicted octanol–water partition coefficient (Wildman–Crippen LogP) is 4.20. The molecule has 0 saturated carbocycles. The van der Waals surface area contributed by atoms with Gasteiger partial charge in [0.05, 0.1) is 11.8 Å². The summed E-state index contributed by atoms with van der Waals surface area (Å²) in [7, 11) is 0. The minimum Gasteiger partial charge on any atom is -0.478 e. The molecule has 1 aliphatic heterocycles. The summed E-state index contributed by atoms with van der Waals surface area (Å²) in [5.74, 6) is -0.485. The fraction of sp³-hybridized carbons (Fsp3) is 0.500. The van der Waals surface area contributed by atoms with E-state index in [0.29, 0.717) is 24.6 Å². The SMILES string of the molecule is Cc1c(C(=O)O)cccc1-c1cnn(CC2CCN(C(=O)OC(C)(C)C)CC2)c1. The Morgan fingerprint density at radius 2 is 1.93 bits per heavy atom. The molecule has 1 aromatic heterocycles. The van der Waals surface area contributed by atoms with Crippen LogP contribution in [0.1, 0.15) is 49.5 Å². The highest BCUT2D eigenvalue weighted by molar-refractivity contribution is 5.91. The van der Waals surface area contributed by atoms with Crippen LogP contribution in [0, 0.1) is 12.8 Å². The fourth-order valence-electron chi connectivity index (χ4n) is 3.67. The van der Waals surface area contributed by atoms with Crippen molar-refractivity contribution in [3.8, 4) is 11.1 Å². The molecule has 2 heterocycles. The third-order valence-electron chi connectivity index (χ3n) is 5.22. The van der Waals surface area contributed by atoms with Gasteiger partial charge in [0.15, 0.2) is 0 Å². The summed E-state index contributed by atoms with van der Waals surface area (Å²) in [5.41, 5.74) is 2.37. The second-order valence-electron chi connectivity index (χ2n) is 8.65. The van der Waals surface area contributed by atoms with Gasteiger partial charge in [0.2, 0.25) is 0 Å². The van der Waals surface area contributed by atoms with Crippen LogP contribution in [0.2, 0.25) is 0 Å².